The maximum Gasteiger partial charge on any atom is 0.337 e. The van der Waals surface area contributed by atoms with Gasteiger partial charge in [-0.2, -0.15) is 10.1 Å². The topological polar surface area (TPSA) is 89.2 Å². The zero-order valence-electron chi connectivity index (χ0n) is 16.4. The lowest BCUT2D eigenvalue weighted by Gasteiger charge is -2.37. The van der Waals surface area contributed by atoms with Crippen molar-refractivity contribution < 1.29 is 23.5 Å². The molecule has 1 aromatic carbocycles. The Hall–Kier alpha value is -3.48. The van der Waals surface area contributed by atoms with Crippen molar-refractivity contribution in [3.8, 4) is 11.3 Å². The van der Waals surface area contributed by atoms with Gasteiger partial charge in [0.1, 0.15) is 11.5 Å². The van der Waals surface area contributed by atoms with Gasteiger partial charge >= 0.3 is 5.97 Å². The minimum Gasteiger partial charge on any atom is -0.465 e. The number of furan rings is 1. The number of fused-ring (bicyclic) bond motifs is 1. The van der Waals surface area contributed by atoms with Gasteiger partial charge < -0.3 is 9.15 Å². The van der Waals surface area contributed by atoms with E-state index in [4.69, 9.17) is 9.15 Å². The van der Waals surface area contributed by atoms with Crippen molar-refractivity contribution in [2.75, 3.05) is 7.11 Å². The molecule has 1 aromatic heterocycles. The fourth-order valence-electron chi connectivity index (χ4n) is 4.78. The molecule has 4 atom stereocenters. The van der Waals surface area contributed by atoms with Gasteiger partial charge in [-0.15, -0.1) is 0 Å². The summed E-state index contributed by atoms with van der Waals surface area (Å²) in [6.45, 7) is 0. The molecule has 30 heavy (non-hydrogen) atoms. The van der Waals surface area contributed by atoms with Crippen molar-refractivity contribution in [1.82, 2.24) is 5.01 Å². The summed E-state index contributed by atoms with van der Waals surface area (Å²) in [4.78, 5) is 37.3. The summed E-state index contributed by atoms with van der Waals surface area (Å²) in [7, 11) is 1.33. The van der Waals surface area contributed by atoms with E-state index in [0.29, 0.717) is 22.6 Å². The molecular weight excluding hydrogens is 384 g/mol. The van der Waals surface area contributed by atoms with E-state index in [9.17, 15) is 14.4 Å². The van der Waals surface area contributed by atoms with Crippen molar-refractivity contribution in [1.29, 1.82) is 0 Å². The molecule has 6 rings (SSSR count). The largest absolute Gasteiger partial charge is 0.465 e. The van der Waals surface area contributed by atoms with Crippen LogP contribution in [0.25, 0.3) is 11.3 Å². The summed E-state index contributed by atoms with van der Waals surface area (Å²) in [5.74, 6) is -0.236. The molecule has 152 valence electrons. The molecule has 2 aromatic rings. The molecule has 2 fully saturated rings. The van der Waals surface area contributed by atoms with E-state index < -0.39 is 5.97 Å². The fourth-order valence-corrected chi connectivity index (χ4v) is 4.78. The second kappa shape index (κ2) is 7.09. The highest BCUT2D eigenvalue weighted by Gasteiger charge is 2.56. The van der Waals surface area contributed by atoms with Gasteiger partial charge in [-0.1, -0.05) is 24.3 Å². The van der Waals surface area contributed by atoms with Crippen molar-refractivity contribution in [3.05, 3.63) is 59.9 Å². The molecule has 2 bridgehead atoms. The number of rotatable bonds is 4. The first-order valence-electron chi connectivity index (χ1n) is 9.95. The number of hydrogen-bond acceptors (Lipinski definition) is 6. The number of benzene rings is 1. The average molecular weight is 404 g/mol. The van der Waals surface area contributed by atoms with Crippen molar-refractivity contribution in [2.45, 2.75) is 12.8 Å². The van der Waals surface area contributed by atoms with E-state index in [1.54, 1.807) is 30.3 Å². The first-order valence-corrected chi connectivity index (χ1v) is 9.95. The van der Waals surface area contributed by atoms with Crippen LogP contribution in [0.15, 0.2) is 58.1 Å². The summed E-state index contributed by atoms with van der Waals surface area (Å²) >= 11 is 0. The van der Waals surface area contributed by atoms with Gasteiger partial charge in [0.05, 0.1) is 30.7 Å². The van der Waals surface area contributed by atoms with Crippen LogP contribution in [-0.4, -0.2) is 36.1 Å². The third kappa shape index (κ3) is 2.89. The highest BCUT2D eigenvalue weighted by Crippen LogP contribution is 2.49. The predicted octanol–water partition coefficient (Wildman–Crippen LogP) is 3.26. The number of esters is 1. The molecule has 2 heterocycles. The maximum atomic E-state index is 12.8. The minimum atomic E-state index is -0.429. The number of carbonyl (C=O) groups excluding carboxylic acids is 3. The Balaban J connectivity index is 1.35. The summed E-state index contributed by atoms with van der Waals surface area (Å²) in [5.41, 5.74) is 1.13. The molecule has 0 spiro atoms. The van der Waals surface area contributed by atoms with Gasteiger partial charge in [0, 0.05) is 5.56 Å². The van der Waals surface area contributed by atoms with Crippen LogP contribution >= 0.6 is 0 Å². The van der Waals surface area contributed by atoms with Crippen LogP contribution in [0.4, 0.5) is 0 Å². The van der Waals surface area contributed by atoms with E-state index >= 15 is 0 Å². The lowest BCUT2D eigenvalue weighted by Crippen LogP contribution is -2.38. The van der Waals surface area contributed by atoms with Gasteiger partial charge in [0.25, 0.3) is 11.8 Å². The average Bonchev–Trinajstić information content (AvgIpc) is 3.37. The maximum absolute atomic E-state index is 12.8. The van der Waals surface area contributed by atoms with E-state index in [0.717, 1.165) is 17.9 Å². The highest BCUT2D eigenvalue weighted by molar-refractivity contribution is 6.06. The Morgan fingerprint density at radius 3 is 2.43 bits per heavy atom. The van der Waals surface area contributed by atoms with Crippen molar-refractivity contribution in [3.63, 3.8) is 0 Å². The van der Waals surface area contributed by atoms with Gasteiger partial charge in [-0.25, -0.2) is 4.79 Å². The molecule has 2 amide bonds. The van der Waals surface area contributed by atoms with Crippen molar-refractivity contribution in [2.24, 2.45) is 28.8 Å². The van der Waals surface area contributed by atoms with E-state index in [2.05, 4.69) is 17.3 Å². The van der Waals surface area contributed by atoms with Gasteiger partial charge in [-0.05, 0) is 48.9 Å². The van der Waals surface area contributed by atoms with Gasteiger partial charge in [0.15, 0.2) is 0 Å². The Morgan fingerprint density at radius 2 is 1.80 bits per heavy atom. The normalized spacial score (nSPS) is 27.2. The second-order valence-corrected chi connectivity index (χ2v) is 7.85. The number of allylic oxidation sites excluding steroid dienone is 2. The number of ether oxygens (including phenoxy) is 1. The lowest BCUT2D eigenvalue weighted by atomic mass is 9.63. The third-order valence-corrected chi connectivity index (χ3v) is 6.23. The molecule has 7 heteroatoms. The lowest BCUT2D eigenvalue weighted by molar-refractivity contribution is -0.140. The monoisotopic (exact) mass is 404 g/mol. The molecule has 1 saturated carbocycles. The van der Waals surface area contributed by atoms with Crippen LogP contribution in [0.3, 0.4) is 0 Å². The number of amides is 2. The number of hydrazone groups is 1. The van der Waals surface area contributed by atoms with Crippen LogP contribution in [-0.2, 0) is 14.3 Å². The third-order valence-electron chi connectivity index (χ3n) is 6.23. The van der Waals surface area contributed by atoms with E-state index in [1.807, 2.05) is 6.07 Å². The Labute approximate surface area is 173 Å². The minimum absolute atomic E-state index is 0.133. The zero-order valence-corrected chi connectivity index (χ0v) is 16.4. The van der Waals surface area contributed by atoms with Crippen LogP contribution in [0.1, 0.15) is 29.0 Å². The molecule has 7 nitrogen and oxygen atoms in total. The Bertz CT molecular complexity index is 1070. The molecule has 3 aliphatic carbocycles. The summed E-state index contributed by atoms with van der Waals surface area (Å²) in [6, 6.07) is 10.3. The van der Waals surface area contributed by atoms with Crippen LogP contribution in [0.2, 0.25) is 0 Å². The molecule has 1 saturated heterocycles. The SMILES string of the molecule is COC(=O)c1cccc(-c2ccc(/C=N\N3C(=O)[C@@H]4[C@H](C3=O)[C@@H]3C=C[C@H]4CC3)o2)c1. The molecule has 0 radical (unpaired) electrons. The predicted molar refractivity (Wildman–Crippen MR) is 107 cm³/mol. The van der Waals surface area contributed by atoms with Crippen LogP contribution in [0, 0.1) is 23.7 Å². The number of imide groups is 1. The molecule has 0 unspecified atom stereocenters. The van der Waals surface area contributed by atoms with Gasteiger partial charge in [-0.3, -0.25) is 9.59 Å². The fraction of sp³-hybridized carbons (Fsp3) is 0.304. The smallest absolute Gasteiger partial charge is 0.337 e. The van der Waals surface area contributed by atoms with Crippen LogP contribution in [0.5, 0.6) is 0 Å². The number of carbonyl (C=O) groups is 3. The Morgan fingerprint density at radius 1 is 1.10 bits per heavy atom. The first kappa shape index (κ1) is 18.5. The van der Waals surface area contributed by atoms with E-state index in [-0.39, 0.29) is 35.5 Å². The van der Waals surface area contributed by atoms with E-state index in [1.165, 1.54) is 13.3 Å². The molecule has 0 N–H and O–H groups in total. The zero-order chi connectivity index (χ0) is 20.8. The van der Waals surface area contributed by atoms with Crippen LogP contribution < -0.4 is 0 Å². The van der Waals surface area contributed by atoms with Crippen molar-refractivity contribution >= 4 is 24.0 Å². The number of nitrogens with zero attached hydrogens (tertiary/aromatic N) is 2. The summed E-state index contributed by atoms with van der Waals surface area (Å²) in [5, 5.41) is 5.16. The number of methoxy groups -OCH3 is 1. The number of hydrogen-bond donors (Lipinski definition) is 0. The molecular formula is C23H20N2O5. The first-order chi connectivity index (χ1) is 14.6. The van der Waals surface area contributed by atoms with Gasteiger partial charge in [0.2, 0.25) is 0 Å². The Kier molecular flexibility index (Phi) is 4.38. The molecule has 4 aliphatic rings. The standard InChI is InChI=1S/C23H20N2O5/c1-29-23(28)16-4-2-3-15(11-16)18-10-9-17(30-18)12-24-25-21(26)19-13-5-6-14(8-7-13)20(19)22(25)27/h2-6,9-14,19-20H,7-8H2,1H3/b24-12-/t13-,14+,19-,20+. The highest BCUT2D eigenvalue weighted by atomic mass is 16.5. The summed E-state index contributed by atoms with van der Waals surface area (Å²) in [6.07, 6.45) is 7.44. The summed E-state index contributed by atoms with van der Waals surface area (Å²) < 4.78 is 10.5. The molecule has 1 aliphatic heterocycles. The quantitative estimate of drug-likeness (QED) is 0.338. The second-order valence-electron chi connectivity index (χ2n) is 7.85.